The number of carbonyl (C=O) groups excluding carboxylic acids is 1. The predicted molar refractivity (Wildman–Crippen MR) is 81.1 cm³/mol. The number of hydrogen-bond acceptors (Lipinski definition) is 2. The van der Waals surface area contributed by atoms with Gasteiger partial charge < -0.3 is 14.9 Å². The number of nitrogens with zero attached hydrogens (tertiary/aromatic N) is 2. The van der Waals surface area contributed by atoms with Gasteiger partial charge in [0.15, 0.2) is 0 Å². The number of urea groups is 1. The number of carbonyl (C=O) groups is 2. The van der Waals surface area contributed by atoms with Crippen LogP contribution < -0.4 is 0 Å². The first-order valence-corrected chi connectivity index (χ1v) is 7.72. The van der Waals surface area contributed by atoms with Gasteiger partial charge in [0.05, 0.1) is 0 Å². The average molecular weight is 294 g/mol. The van der Waals surface area contributed by atoms with Gasteiger partial charge in [0.25, 0.3) is 0 Å². The Morgan fingerprint density at radius 3 is 2.52 bits per heavy atom. The second-order valence-electron chi connectivity index (χ2n) is 7.16. The number of rotatable bonds is 2. The molecule has 5 heteroatoms. The van der Waals surface area contributed by atoms with Gasteiger partial charge in [0.2, 0.25) is 0 Å². The molecule has 1 unspecified atom stereocenters. The molecule has 21 heavy (non-hydrogen) atoms. The summed E-state index contributed by atoms with van der Waals surface area (Å²) in [5.41, 5.74) is 1.59. The summed E-state index contributed by atoms with van der Waals surface area (Å²) < 4.78 is 0. The summed E-state index contributed by atoms with van der Waals surface area (Å²) in [5.74, 6) is -0.665. The highest BCUT2D eigenvalue weighted by atomic mass is 16.4. The van der Waals surface area contributed by atoms with Crippen molar-refractivity contribution in [1.82, 2.24) is 9.80 Å². The standard InChI is InChI=1S/C16H26N2O3/c1-16(2,3)13-5-8-17(9-6-13)15(21)18-7-4-12(11-18)10-14(19)20/h5,12H,4,6-11H2,1-3H3,(H,19,20). The second kappa shape index (κ2) is 6.08. The van der Waals surface area contributed by atoms with Crippen LogP contribution in [0.15, 0.2) is 11.6 Å². The molecule has 5 nitrogen and oxygen atoms in total. The van der Waals surface area contributed by atoms with Gasteiger partial charge in [-0.25, -0.2) is 4.79 Å². The zero-order chi connectivity index (χ0) is 15.6. The number of carboxylic acid groups (broad SMARTS) is 1. The maximum atomic E-state index is 12.5. The molecule has 0 aromatic heterocycles. The molecular formula is C16H26N2O3. The summed E-state index contributed by atoms with van der Waals surface area (Å²) in [5, 5.41) is 8.83. The van der Waals surface area contributed by atoms with Crippen molar-refractivity contribution in [3.8, 4) is 0 Å². The molecule has 0 saturated carbocycles. The fourth-order valence-electron chi connectivity index (χ4n) is 3.14. The van der Waals surface area contributed by atoms with E-state index in [4.69, 9.17) is 5.11 Å². The fraction of sp³-hybridized carbons (Fsp3) is 0.750. The third kappa shape index (κ3) is 3.99. The molecule has 0 bridgehead atoms. The van der Waals surface area contributed by atoms with Crippen molar-refractivity contribution in [1.29, 1.82) is 0 Å². The Morgan fingerprint density at radius 1 is 1.29 bits per heavy atom. The van der Waals surface area contributed by atoms with Crippen LogP contribution >= 0.6 is 0 Å². The third-order valence-corrected chi connectivity index (χ3v) is 4.46. The zero-order valence-corrected chi connectivity index (χ0v) is 13.3. The lowest BCUT2D eigenvalue weighted by molar-refractivity contribution is -0.138. The monoisotopic (exact) mass is 294 g/mol. The van der Waals surface area contributed by atoms with Crippen LogP contribution in [0.1, 0.15) is 40.0 Å². The lowest BCUT2D eigenvalue weighted by atomic mass is 9.83. The Morgan fingerprint density at radius 2 is 2.00 bits per heavy atom. The Hall–Kier alpha value is -1.52. The summed E-state index contributed by atoms with van der Waals surface area (Å²) in [6.07, 6.45) is 4.07. The van der Waals surface area contributed by atoms with E-state index in [2.05, 4.69) is 26.8 Å². The Kier molecular flexibility index (Phi) is 4.59. The first kappa shape index (κ1) is 15.9. The molecule has 1 saturated heterocycles. The van der Waals surface area contributed by atoms with Gasteiger partial charge in [0.1, 0.15) is 0 Å². The summed E-state index contributed by atoms with van der Waals surface area (Å²) in [6.45, 7) is 9.31. The van der Waals surface area contributed by atoms with Gasteiger partial charge in [-0.15, -0.1) is 0 Å². The van der Waals surface area contributed by atoms with Gasteiger partial charge in [-0.3, -0.25) is 4.79 Å². The smallest absolute Gasteiger partial charge is 0.320 e. The van der Waals surface area contributed by atoms with E-state index in [9.17, 15) is 9.59 Å². The van der Waals surface area contributed by atoms with Gasteiger partial charge in [-0.2, -0.15) is 0 Å². The highest BCUT2D eigenvalue weighted by Gasteiger charge is 2.31. The Balaban J connectivity index is 1.88. The van der Waals surface area contributed by atoms with Crippen molar-refractivity contribution in [2.75, 3.05) is 26.2 Å². The lowest BCUT2D eigenvalue weighted by Gasteiger charge is -2.34. The third-order valence-electron chi connectivity index (χ3n) is 4.46. The van der Waals surface area contributed by atoms with E-state index in [1.54, 1.807) is 0 Å². The van der Waals surface area contributed by atoms with Crippen LogP contribution in [0.4, 0.5) is 4.79 Å². The highest BCUT2D eigenvalue weighted by molar-refractivity contribution is 5.75. The first-order chi connectivity index (χ1) is 9.77. The lowest BCUT2D eigenvalue weighted by Crippen LogP contribution is -2.44. The van der Waals surface area contributed by atoms with Crippen molar-refractivity contribution < 1.29 is 14.7 Å². The molecule has 1 atom stereocenters. The van der Waals surface area contributed by atoms with Crippen molar-refractivity contribution in [2.45, 2.75) is 40.0 Å². The fourth-order valence-corrected chi connectivity index (χ4v) is 3.14. The van der Waals surface area contributed by atoms with E-state index < -0.39 is 5.97 Å². The average Bonchev–Trinajstić information content (AvgIpc) is 2.84. The summed E-state index contributed by atoms with van der Waals surface area (Å²) in [4.78, 5) is 26.9. The Labute approximate surface area is 126 Å². The molecule has 2 amide bonds. The number of aliphatic carboxylic acids is 1. The van der Waals surface area contributed by atoms with E-state index in [1.807, 2.05) is 9.80 Å². The minimum Gasteiger partial charge on any atom is -0.481 e. The summed E-state index contributed by atoms with van der Waals surface area (Å²) >= 11 is 0. The molecule has 0 aromatic rings. The second-order valence-corrected chi connectivity index (χ2v) is 7.16. The highest BCUT2D eigenvalue weighted by Crippen LogP contribution is 2.30. The molecule has 2 rings (SSSR count). The molecule has 1 fully saturated rings. The zero-order valence-electron chi connectivity index (χ0n) is 13.3. The topological polar surface area (TPSA) is 60.9 Å². The van der Waals surface area contributed by atoms with Crippen LogP contribution in [-0.2, 0) is 4.79 Å². The van der Waals surface area contributed by atoms with Crippen LogP contribution in [0.5, 0.6) is 0 Å². The van der Waals surface area contributed by atoms with Crippen LogP contribution in [0.2, 0.25) is 0 Å². The SMILES string of the molecule is CC(C)(C)C1=CCN(C(=O)N2CCC(CC(=O)O)C2)CC1. The molecule has 118 valence electrons. The van der Waals surface area contributed by atoms with E-state index in [0.29, 0.717) is 19.6 Å². The van der Waals surface area contributed by atoms with Crippen molar-refractivity contribution in [2.24, 2.45) is 11.3 Å². The van der Waals surface area contributed by atoms with E-state index >= 15 is 0 Å². The molecular weight excluding hydrogens is 268 g/mol. The van der Waals surface area contributed by atoms with Crippen LogP contribution in [0.3, 0.4) is 0 Å². The number of likely N-dealkylation sites (tertiary alicyclic amines) is 1. The van der Waals surface area contributed by atoms with Crippen LogP contribution in [0, 0.1) is 11.3 Å². The van der Waals surface area contributed by atoms with Gasteiger partial charge in [-0.05, 0) is 24.2 Å². The van der Waals surface area contributed by atoms with Gasteiger partial charge in [-0.1, -0.05) is 32.4 Å². The summed E-state index contributed by atoms with van der Waals surface area (Å²) in [6, 6.07) is 0.0621. The van der Waals surface area contributed by atoms with Crippen molar-refractivity contribution in [3.63, 3.8) is 0 Å². The van der Waals surface area contributed by atoms with Gasteiger partial charge >= 0.3 is 12.0 Å². The number of carboxylic acids is 1. The maximum absolute atomic E-state index is 12.5. The molecule has 0 spiro atoms. The molecule has 2 aliphatic rings. The molecule has 0 aromatic carbocycles. The van der Waals surface area contributed by atoms with E-state index in [1.165, 1.54) is 5.57 Å². The van der Waals surface area contributed by atoms with E-state index in [0.717, 1.165) is 19.4 Å². The molecule has 2 aliphatic heterocycles. The van der Waals surface area contributed by atoms with Crippen LogP contribution in [0.25, 0.3) is 0 Å². The molecule has 2 heterocycles. The first-order valence-electron chi connectivity index (χ1n) is 7.72. The Bertz CT molecular complexity index is 451. The minimum atomic E-state index is -0.773. The van der Waals surface area contributed by atoms with Gasteiger partial charge in [0, 0.05) is 32.6 Å². The van der Waals surface area contributed by atoms with Crippen molar-refractivity contribution in [3.05, 3.63) is 11.6 Å². The molecule has 0 aliphatic carbocycles. The number of amides is 2. The number of hydrogen-bond donors (Lipinski definition) is 1. The largest absolute Gasteiger partial charge is 0.481 e. The predicted octanol–water partition coefficient (Wildman–Crippen LogP) is 2.58. The van der Waals surface area contributed by atoms with Crippen LogP contribution in [-0.4, -0.2) is 53.1 Å². The summed E-state index contributed by atoms with van der Waals surface area (Å²) in [7, 11) is 0. The molecule has 1 N–H and O–H groups in total. The molecule has 0 radical (unpaired) electrons. The quantitative estimate of drug-likeness (QED) is 0.796. The maximum Gasteiger partial charge on any atom is 0.320 e. The van der Waals surface area contributed by atoms with Crippen molar-refractivity contribution >= 4 is 12.0 Å². The van der Waals surface area contributed by atoms with E-state index in [-0.39, 0.29) is 23.8 Å². The normalized spacial score (nSPS) is 23.2. The minimum absolute atomic E-state index is 0.0621.